The zero-order valence-electron chi connectivity index (χ0n) is 16.9. The minimum absolute atomic E-state index is 0.196. The number of carbonyl (C=O) groups is 1. The Balaban J connectivity index is 1.64. The van der Waals surface area contributed by atoms with E-state index in [1.807, 2.05) is 0 Å². The first-order valence-corrected chi connectivity index (χ1v) is 10.5. The molecule has 2 aromatic rings. The first-order valence-electron chi connectivity index (χ1n) is 10.5. The number of ether oxygens (including phenoxy) is 1. The maximum Gasteiger partial charge on any atom is 0.336 e. The van der Waals surface area contributed by atoms with Crippen LogP contribution in [-0.4, -0.2) is 27.7 Å². The van der Waals surface area contributed by atoms with Gasteiger partial charge in [-0.25, -0.2) is 14.8 Å². The monoisotopic (exact) mass is 384 g/mol. The fourth-order valence-electron chi connectivity index (χ4n) is 3.17. The van der Waals surface area contributed by atoms with E-state index in [0.29, 0.717) is 23.7 Å². The number of aromatic carboxylic acids is 1. The molecule has 0 unspecified atom stereocenters. The first kappa shape index (κ1) is 21.9. The van der Waals surface area contributed by atoms with Gasteiger partial charge in [-0.15, -0.1) is 0 Å². The molecule has 0 fully saturated rings. The van der Waals surface area contributed by atoms with Gasteiger partial charge in [0.15, 0.2) is 11.6 Å². The summed E-state index contributed by atoms with van der Waals surface area (Å²) in [6, 6.07) is 6.73. The molecule has 0 atom stereocenters. The largest absolute Gasteiger partial charge is 0.490 e. The van der Waals surface area contributed by atoms with Crippen LogP contribution in [0.3, 0.4) is 0 Å². The van der Waals surface area contributed by atoms with Gasteiger partial charge >= 0.3 is 5.97 Å². The number of aromatic nitrogens is 2. The van der Waals surface area contributed by atoms with Crippen LogP contribution in [0, 0.1) is 0 Å². The third kappa shape index (κ3) is 7.67. The summed E-state index contributed by atoms with van der Waals surface area (Å²) in [7, 11) is 0. The van der Waals surface area contributed by atoms with Crippen molar-refractivity contribution in [2.45, 2.75) is 71.1 Å². The Labute approximate surface area is 168 Å². The van der Waals surface area contributed by atoms with Crippen molar-refractivity contribution in [1.82, 2.24) is 9.97 Å². The molecule has 0 amide bonds. The molecule has 0 bridgehead atoms. The molecule has 0 aliphatic heterocycles. The molecule has 0 saturated heterocycles. The number of carboxylic acid groups (broad SMARTS) is 1. The van der Waals surface area contributed by atoms with Gasteiger partial charge in [0.05, 0.1) is 24.6 Å². The predicted molar refractivity (Wildman–Crippen MR) is 112 cm³/mol. The minimum atomic E-state index is -0.986. The van der Waals surface area contributed by atoms with Crippen molar-refractivity contribution in [3.63, 3.8) is 0 Å². The molecule has 1 aromatic heterocycles. The maximum absolute atomic E-state index is 11.3. The lowest BCUT2D eigenvalue weighted by molar-refractivity contribution is 0.0697. The highest BCUT2D eigenvalue weighted by atomic mass is 16.5. The van der Waals surface area contributed by atoms with Crippen LogP contribution in [0.2, 0.25) is 0 Å². The molecule has 152 valence electrons. The number of hydrogen-bond acceptors (Lipinski definition) is 4. The van der Waals surface area contributed by atoms with E-state index >= 15 is 0 Å². The van der Waals surface area contributed by atoms with Crippen LogP contribution >= 0.6 is 0 Å². The van der Waals surface area contributed by atoms with Gasteiger partial charge in [0.1, 0.15) is 0 Å². The molecule has 5 heteroatoms. The van der Waals surface area contributed by atoms with Gasteiger partial charge in [-0.05, 0) is 12.5 Å². The molecule has 0 aliphatic carbocycles. The molecular formula is C23H32N2O3. The average Bonchev–Trinajstić information content (AvgIpc) is 2.72. The van der Waals surface area contributed by atoms with Crippen molar-refractivity contribution in [1.29, 1.82) is 0 Å². The van der Waals surface area contributed by atoms with Crippen LogP contribution in [0.1, 0.15) is 81.5 Å². The fraction of sp³-hybridized carbons (Fsp3) is 0.522. The summed E-state index contributed by atoms with van der Waals surface area (Å²) in [5, 5.41) is 9.27. The summed E-state index contributed by atoms with van der Waals surface area (Å²) in [5.74, 6) is 0.0252. The number of carboxylic acids is 1. The Bertz CT molecular complexity index is 701. The molecule has 1 aromatic carbocycles. The van der Waals surface area contributed by atoms with E-state index in [1.54, 1.807) is 36.7 Å². The van der Waals surface area contributed by atoms with E-state index in [-0.39, 0.29) is 5.56 Å². The molecule has 5 nitrogen and oxygen atoms in total. The molecule has 0 aliphatic rings. The third-order valence-corrected chi connectivity index (χ3v) is 4.79. The SMILES string of the molecule is CCCCCCCCCCCCOc1cnc(-c2ccccc2C(=O)O)nc1. The van der Waals surface area contributed by atoms with Crippen molar-refractivity contribution in [3.8, 4) is 17.1 Å². The summed E-state index contributed by atoms with van der Waals surface area (Å²) in [6.07, 6.45) is 16.1. The van der Waals surface area contributed by atoms with E-state index in [9.17, 15) is 9.90 Å². The Kier molecular flexibility index (Phi) is 10.0. The number of benzene rings is 1. The standard InChI is InChI=1S/C23H32N2O3/c1-2-3-4-5-6-7-8-9-10-13-16-28-19-17-24-22(25-18-19)20-14-11-12-15-21(20)23(26)27/h11-12,14-15,17-18H,2-10,13,16H2,1H3,(H,26,27). The number of unbranched alkanes of at least 4 members (excludes halogenated alkanes) is 9. The van der Waals surface area contributed by atoms with Crippen molar-refractivity contribution < 1.29 is 14.6 Å². The quantitative estimate of drug-likeness (QED) is 0.396. The summed E-state index contributed by atoms with van der Waals surface area (Å²) < 4.78 is 5.71. The lowest BCUT2D eigenvalue weighted by Crippen LogP contribution is -2.02. The highest BCUT2D eigenvalue weighted by molar-refractivity contribution is 5.94. The second-order valence-electron chi connectivity index (χ2n) is 7.12. The Hall–Kier alpha value is -2.43. The zero-order chi connectivity index (χ0) is 20.0. The molecule has 0 radical (unpaired) electrons. The highest BCUT2D eigenvalue weighted by Crippen LogP contribution is 2.21. The van der Waals surface area contributed by atoms with Gasteiger partial charge in [-0.2, -0.15) is 0 Å². The Morgan fingerprint density at radius 3 is 2.07 bits per heavy atom. The van der Waals surface area contributed by atoms with E-state index in [0.717, 1.165) is 6.42 Å². The van der Waals surface area contributed by atoms with Crippen molar-refractivity contribution in [2.24, 2.45) is 0 Å². The number of hydrogen-bond donors (Lipinski definition) is 1. The maximum atomic E-state index is 11.3. The molecule has 0 spiro atoms. The second kappa shape index (κ2) is 12.9. The average molecular weight is 385 g/mol. The van der Waals surface area contributed by atoms with Crippen LogP contribution in [-0.2, 0) is 0 Å². The Morgan fingerprint density at radius 1 is 0.893 bits per heavy atom. The van der Waals surface area contributed by atoms with Gasteiger partial charge in [-0.1, -0.05) is 82.9 Å². The third-order valence-electron chi connectivity index (χ3n) is 4.79. The number of nitrogens with zero attached hydrogens (tertiary/aromatic N) is 2. The van der Waals surface area contributed by atoms with Gasteiger partial charge < -0.3 is 9.84 Å². The summed E-state index contributed by atoms with van der Waals surface area (Å²) in [4.78, 5) is 19.8. The van der Waals surface area contributed by atoms with Gasteiger partial charge in [-0.3, -0.25) is 0 Å². The van der Waals surface area contributed by atoms with Crippen molar-refractivity contribution in [2.75, 3.05) is 6.61 Å². The van der Waals surface area contributed by atoms with Crippen LogP contribution < -0.4 is 4.74 Å². The van der Waals surface area contributed by atoms with Gasteiger partial charge in [0.25, 0.3) is 0 Å². The van der Waals surface area contributed by atoms with Crippen LogP contribution in [0.5, 0.6) is 5.75 Å². The fourth-order valence-corrected chi connectivity index (χ4v) is 3.17. The summed E-state index contributed by atoms with van der Waals surface area (Å²) in [5.41, 5.74) is 0.706. The molecule has 0 saturated carbocycles. The minimum Gasteiger partial charge on any atom is -0.490 e. The van der Waals surface area contributed by atoms with Gasteiger partial charge in [0, 0.05) is 5.56 Å². The number of rotatable bonds is 14. The lowest BCUT2D eigenvalue weighted by Gasteiger charge is -2.07. The second-order valence-corrected chi connectivity index (χ2v) is 7.12. The van der Waals surface area contributed by atoms with Gasteiger partial charge in [0.2, 0.25) is 0 Å². The molecule has 28 heavy (non-hydrogen) atoms. The van der Waals surface area contributed by atoms with Crippen LogP contribution in [0.15, 0.2) is 36.7 Å². The predicted octanol–water partition coefficient (Wildman–Crippen LogP) is 6.14. The van der Waals surface area contributed by atoms with Crippen LogP contribution in [0.25, 0.3) is 11.4 Å². The lowest BCUT2D eigenvalue weighted by atomic mass is 10.1. The summed E-state index contributed by atoms with van der Waals surface area (Å²) >= 11 is 0. The topological polar surface area (TPSA) is 72.3 Å². The van der Waals surface area contributed by atoms with Crippen molar-refractivity contribution in [3.05, 3.63) is 42.2 Å². The summed E-state index contributed by atoms with van der Waals surface area (Å²) in [6.45, 7) is 2.91. The van der Waals surface area contributed by atoms with E-state index in [2.05, 4.69) is 16.9 Å². The normalized spacial score (nSPS) is 10.8. The smallest absolute Gasteiger partial charge is 0.336 e. The molecule has 1 heterocycles. The van der Waals surface area contributed by atoms with E-state index in [4.69, 9.17) is 4.74 Å². The van der Waals surface area contributed by atoms with E-state index < -0.39 is 5.97 Å². The molecule has 2 rings (SSSR count). The van der Waals surface area contributed by atoms with Crippen molar-refractivity contribution >= 4 is 5.97 Å². The molecule has 1 N–H and O–H groups in total. The Morgan fingerprint density at radius 2 is 1.46 bits per heavy atom. The molecular weight excluding hydrogens is 352 g/mol. The van der Waals surface area contributed by atoms with E-state index in [1.165, 1.54) is 57.8 Å². The zero-order valence-corrected chi connectivity index (χ0v) is 16.9. The first-order chi connectivity index (χ1) is 13.7. The highest BCUT2D eigenvalue weighted by Gasteiger charge is 2.12. The van der Waals surface area contributed by atoms with Crippen LogP contribution in [0.4, 0.5) is 0 Å².